The Balaban J connectivity index is 2.11. The van der Waals surface area contributed by atoms with Crippen molar-refractivity contribution in [2.75, 3.05) is 11.1 Å². The summed E-state index contributed by atoms with van der Waals surface area (Å²) in [5, 5.41) is 11.3. The van der Waals surface area contributed by atoms with Crippen molar-refractivity contribution < 1.29 is 4.79 Å². The van der Waals surface area contributed by atoms with Gasteiger partial charge in [0, 0.05) is 11.8 Å². The molecular weight excluding hydrogens is 224 g/mol. The van der Waals surface area contributed by atoms with Crippen molar-refractivity contribution in [1.29, 1.82) is 0 Å². The van der Waals surface area contributed by atoms with Gasteiger partial charge in [-0.15, -0.1) is 11.3 Å². The van der Waals surface area contributed by atoms with E-state index in [0.29, 0.717) is 16.4 Å². The second-order valence-electron chi connectivity index (χ2n) is 3.29. The van der Waals surface area contributed by atoms with E-state index in [2.05, 4.69) is 15.5 Å². The number of carbonyl (C=O) groups excluding carboxylic acids is 1. The van der Waals surface area contributed by atoms with Gasteiger partial charge in [0.1, 0.15) is 4.88 Å². The van der Waals surface area contributed by atoms with E-state index >= 15 is 0 Å². The fraction of sp³-hybridized carbons (Fsp3) is 0.200. The van der Waals surface area contributed by atoms with E-state index in [0.717, 1.165) is 12.1 Å². The number of rotatable bonds is 3. The van der Waals surface area contributed by atoms with Crippen molar-refractivity contribution in [2.24, 2.45) is 0 Å². The molecule has 4 N–H and O–H groups in total. The number of nitrogens with zero attached hydrogens (tertiary/aromatic N) is 1. The molecule has 0 saturated carbocycles. The highest BCUT2D eigenvalue weighted by molar-refractivity contribution is 7.12. The van der Waals surface area contributed by atoms with Crippen LogP contribution in [0.15, 0.2) is 17.5 Å². The number of aryl methyl sites for hydroxylation is 1. The zero-order valence-electron chi connectivity index (χ0n) is 8.78. The predicted molar refractivity (Wildman–Crippen MR) is 64.7 cm³/mol. The first-order valence-corrected chi connectivity index (χ1v) is 5.77. The van der Waals surface area contributed by atoms with Gasteiger partial charge in [-0.3, -0.25) is 9.89 Å². The molecule has 16 heavy (non-hydrogen) atoms. The number of aromatic nitrogens is 2. The first kappa shape index (κ1) is 10.7. The molecule has 84 valence electrons. The molecule has 1 amide bonds. The Bertz CT molecular complexity index is 502. The third kappa shape index (κ3) is 2.06. The fourth-order valence-corrected chi connectivity index (χ4v) is 2.00. The third-order valence-electron chi connectivity index (χ3n) is 2.16. The quantitative estimate of drug-likeness (QED) is 0.760. The van der Waals surface area contributed by atoms with Gasteiger partial charge in [0.25, 0.3) is 5.91 Å². The van der Waals surface area contributed by atoms with Crippen LogP contribution in [-0.4, -0.2) is 16.1 Å². The van der Waals surface area contributed by atoms with Gasteiger partial charge in [-0.1, -0.05) is 6.92 Å². The third-order valence-corrected chi connectivity index (χ3v) is 3.08. The zero-order chi connectivity index (χ0) is 11.5. The number of carbonyl (C=O) groups is 1. The van der Waals surface area contributed by atoms with Crippen LogP contribution in [0.1, 0.15) is 22.3 Å². The topological polar surface area (TPSA) is 83.8 Å². The summed E-state index contributed by atoms with van der Waals surface area (Å²) < 4.78 is 0. The second kappa shape index (κ2) is 4.36. The maximum Gasteiger partial charge on any atom is 0.269 e. The van der Waals surface area contributed by atoms with Crippen LogP contribution in [-0.2, 0) is 6.42 Å². The first-order chi connectivity index (χ1) is 7.70. The van der Waals surface area contributed by atoms with Crippen LogP contribution < -0.4 is 11.1 Å². The molecular formula is C10H12N4OS. The molecule has 6 heteroatoms. The Morgan fingerprint density at radius 3 is 3.06 bits per heavy atom. The average Bonchev–Trinajstić information content (AvgIpc) is 2.86. The highest BCUT2D eigenvalue weighted by atomic mass is 32.1. The Morgan fingerprint density at radius 1 is 1.69 bits per heavy atom. The number of thiophene rings is 1. The minimum atomic E-state index is -0.221. The van der Waals surface area contributed by atoms with Crippen molar-refractivity contribution in [3.63, 3.8) is 0 Å². The largest absolute Gasteiger partial charge is 0.397 e. The second-order valence-corrected chi connectivity index (χ2v) is 4.21. The highest BCUT2D eigenvalue weighted by Crippen LogP contribution is 2.20. The van der Waals surface area contributed by atoms with Crippen LogP contribution in [0, 0.1) is 0 Å². The number of nitrogen functional groups attached to an aromatic ring is 1. The number of hydrogen-bond donors (Lipinski definition) is 3. The molecule has 0 aliphatic rings. The summed E-state index contributed by atoms with van der Waals surface area (Å²) in [6.07, 6.45) is 0.851. The van der Waals surface area contributed by atoms with Crippen molar-refractivity contribution in [2.45, 2.75) is 13.3 Å². The van der Waals surface area contributed by atoms with Crippen LogP contribution >= 0.6 is 11.3 Å². The lowest BCUT2D eigenvalue weighted by Gasteiger charge is -1.99. The number of nitrogens with two attached hydrogens (primary N) is 1. The lowest BCUT2D eigenvalue weighted by molar-refractivity contribution is 0.103. The van der Waals surface area contributed by atoms with E-state index in [-0.39, 0.29) is 5.91 Å². The molecule has 2 aromatic heterocycles. The predicted octanol–water partition coefficient (Wildman–Crippen LogP) is 1.87. The van der Waals surface area contributed by atoms with Gasteiger partial charge >= 0.3 is 0 Å². The summed E-state index contributed by atoms with van der Waals surface area (Å²) in [5.41, 5.74) is 7.12. The monoisotopic (exact) mass is 236 g/mol. The Morgan fingerprint density at radius 2 is 2.50 bits per heavy atom. The zero-order valence-corrected chi connectivity index (χ0v) is 9.60. The highest BCUT2D eigenvalue weighted by Gasteiger charge is 2.12. The number of hydrogen-bond acceptors (Lipinski definition) is 4. The van der Waals surface area contributed by atoms with Crippen LogP contribution in [0.4, 0.5) is 11.5 Å². The minimum absolute atomic E-state index is 0.221. The molecule has 0 aromatic carbocycles. The van der Waals surface area contributed by atoms with Crippen LogP contribution in [0.25, 0.3) is 0 Å². The molecule has 0 bridgehead atoms. The summed E-state index contributed by atoms with van der Waals surface area (Å²) >= 11 is 1.31. The molecule has 0 aliphatic carbocycles. The van der Waals surface area contributed by atoms with Gasteiger partial charge in [0.15, 0.2) is 5.82 Å². The lowest BCUT2D eigenvalue weighted by Crippen LogP contribution is -2.12. The van der Waals surface area contributed by atoms with Gasteiger partial charge in [0.2, 0.25) is 0 Å². The van der Waals surface area contributed by atoms with E-state index < -0.39 is 0 Å². The minimum Gasteiger partial charge on any atom is -0.397 e. The van der Waals surface area contributed by atoms with Crippen molar-refractivity contribution in [3.05, 3.63) is 28.1 Å². The Kier molecular flexibility index (Phi) is 2.91. The van der Waals surface area contributed by atoms with Gasteiger partial charge in [-0.2, -0.15) is 5.10 Å². The van der Waals surface area contributed by atoms with Gasteiger partial charge in [-0.25, -0.2) is 0 Å². The molecule has 2 heterocycles. The summed E-state index contributed by atoms with van der Waals surface area (Å²) in [4.78, 5) is 12.3. The van der Waals surface area contributed by atoms with E-state index in [1.807, 2.05) is 13.0 Å². The summed E-state index contributed by atoms with van der Waals surface area (Å²) in [5.74, 6) is 0.302. The Hall–Kier alpha value is -1.82. The van der Waals surface area contributed by atoms with Gasteiger partial charge in [0.05, 0.1) is 5.69 Å². The van der Waals surface area contributed by atoms with Gasteiger partial charge in [-0.05, 0) is 17.9 Å². The molecule has 0 aliphatic heterocycles. The molecule has 2 aromatic rings. The molecule has 0 radical (unpaired) electrons. The average molecular weight is 236 g/mol. The Labute approximate surface area is 96.7 Å². The smallest absolute Gasteiger partial charge is 0.269 e. The number of aromatic amines is 1. The standard InChI is InChI=1S/C10H12N4OS/c1-2-6-5-8(14-13-6)12-10(15)9-7(11)3-4-16-9/h3-5H,2,11H2,1H3,(H2,12,13,14,15). The summed E-state index contributed by atoms with van der Waals surface area (Å²) in [7, 11) is 0. The van der Waals surface area contributed by atoms with E-state index in [4.69, 9.17) is 5.73 Å². The van der Waals surface area contributed by atoms with E-state index in [1.54, 1.807) is 11.4 Å². The van der Waals surface area contributed by atoms with Crippen molar-refractivity contribution in [1.82, 2.24) is 10.2 Å². The maximum absolute atomic E-state index is 11.8. The molecule has 0 spiro atoms. The molecule has 2 rings (SSSR count). The first-order valence-electron chi connectivity index (χ1n) is 4.89. The molecule has 5 nitrogen and oxygen atoms in total. The molecule has 0 atom stereocenters. The number of anilines is 2. The van der Waals surface area contributed by atoms with Crippen LogP contribution in [0.2, 0.25) is 0 Å². The lowest BCUT2D eigenvalue weighted by atomic mass is 10.3. The van der Waals surface area contributed by atoms with Crippen LogP contribution in [0.3, 0.4) is 0 Å². The molecule has 0 fully saturated rings. The van der Waals surface area contributed by atoms with Crippen molar-refractivity contribution in [3.8, 4) is 0 Å². The van der Waals surface area contributed by atoms with E-state index in [1.165, 1.54) is 11.3 Å². The maximum atomic E-state index is 11.8. The normalized spacial score (nSPS) is 10.3. The molecule has 0 saturated heterocycles. The molecule has 0 unspecified atom stereocenters. The van der Waals surface area contributed by atoms with E-state index in [9.17, 15) is 4.79 Å². The van der Waals surface area contributed by atoms with Crippen molar-refractivity contribution >= 4 is 28.7 Å². The van der Waals surface area contributed by atoms with Gasteiger partial charge < -0.3 is 11.1 Å². The number of H-pyrrole nitrogens is 1. The summed E-state index contributed by atoms with van der Waals surface area (Å²) in [6.45, 7) is 2.01. The van der Waals surface area contributed by atoms with Crippen LogP contribution in [0.5, 0.6) is 0 Å². The number of amides is 1. The fourth-order valence-electron chi connectivity index (χ4n) is 1.28. The number of nitrogens with one attached hydrogen (secondary N) is 2. The SMILES string of the molecule is CCc1cc(NC(=O)c2sccc2N)n[nH]1. The summed E-state index contributed by atoms with van der Waals surface area (Å²) in [6, 6.07) is 3.52.